The third-order valence-corrected chi connectivity index (χ3v) is 4.52. The average Bonchev–Trinajstić information content (AvgIpc) is 2.55. The fraction of sp³-hybridized carbons (Fsp3) is 0.611. The van der Waals surface area contributed by atoms with Crippen LogP contribution < -0.4 is 5.73 Å². The molecule has 0 bridgehead atoms. The van der Waals surface area contributed by atoms with E-state index in [9.17, 15) is 9.18 Å². The van der Waals surface area contributed by atoms with Gasteiger partial charge in [-0.15, -0.1) is 24.8 Å². The fourth-order valence-corrected chi connectivity index (χ4v) is 3.10. The molecule has 2 N–H and O–H groups in total. The Balaban J connectivity index is 0.00000264. The Bertz CT molecular complexity index is 463. The van der Waals surface area contributed by atoms with Crippen LogP contribution in [-0.4, -0.2) is 36.9 Å². The number of unbranched alkanes of at least 4 members (excludes halogenated alkanes) is 3. The monoisotopic (exact) mass is 378 g/mol. The number of ketones is 1. The van der Waals surface area contributed by atoms with E-state index >= 15 is 0 Å². The number of carbonyl (C=O) groups is 1. The normalized spacial score (nSPS) is 15.4. The molecule has 0 saturated carbocycles. The van der Waals surface area contributed by atoms with Gasteiger partial charge in [0.25, 0.3) is 0 Å². The highest BCUT2D eigenvalue weighted by Gasteiger charge is 2.25. The van der Waals surface area contributed by atoms with Crippen LogP contribution in [0.3, 0.4) is 0 Å². The van der Waals surface area contributed by atoms with Crippen molar-refractivity contribution < 1.29 is 9.18 Å². The Morgan fingerprint density at radius 2 is 1.62 bits per heavy atom. The lowest BCUT2D eigenvalue weighted by Gasteiger charge is -2.31. The minimum atomic E-state index is -0.291. The molecule has 0 aromatic heterocycles. The molecule has 1 aromatic carbocycles. The smallest absolute Gasteiger partial charge is 0.166 e. The predicted molar refractivity (Wildman–Crippen MR) is 102 cm³/mol. The van der Waals surface area contributed by atoms with Gasteiger partial charge in [-0.3, -0.25) is 4.79 Å². The summed E-state index contributed by atoms with van der Waals surface area (Å²) in [5.41, 5.74) is 6.13. The predicted octanol–water partition coefficient (Wildman–Crippen LogP) is 4.08. The number of hydrogen-bond acceptors (Lipinski definition) is 3. The zero-order valence-corrected chi connectivity index (χ0v) is 15.7. The van der Waals surface area contributed by atoms with Gasteiger partial charge in [0.15, 0.2) is 5.78 Å². The molecule has 0 unspecified atom stereocenters. The van der Waals surface area contributed by atoms with E-state index in [1.807, 2.05) is 0 Å². The molecule has 1 heterocycles. The molecule has 3 nitrogen and oxygen atoms in total. The SMILES string of the molecule is Cl.Cl.NCCCCCCN1CCC(C(=O)c2ccc(F)cc2)CC1. The number of rotatable bonds is 8. The van der Waals surface area contributed by atoms with E-state index in [0.717, 1.165) is 45.4 Å². The van der Waals surface area contributed by atoms with Gasteiger partial charge in [-0.05, 0) is 76.1 Å². The zero-order chi connectivity index (χ0) is 15.8. The molecule has 1 aliphatic heterocycles. The molecular formula is C18H29Cl2FN2O. The molecule has 1 fully saturated rings. The number of halogens is 3. The lowest BCUT2D eigenvalue weighted by Crippen LogP contribution is -2.36. The molecule has 6 heteroatoms. The van der Waals surface area contributed by atoms with Gasteiger partial charge in [-0.2, -0.15) is 0 Å². The van der Waals surface area contributed by atoms with E-state index in [1.54, 1.807) is 12.1 Å². The fourth-order valence-electron chi connectivity index (χ4n) is 3.10. The van der Waals surface area contributed by atoms with Gasteiger partial charge in [0.1, 0.15) is 5.82 Å². The maximum absolute atomic E-state index is 12.9. The van der Waals surface area contributed by atoms with Gasteiger partial charge in [0.05, 0.1) is 0 Å². The van der Waals surface area contributed by atoms with Crippen LogP contribution in [0.25, 0.3) is 0 Å². The first kappa shape index (κ1) is 23.3. The molecule has 1 saturated heterocycles. The lowest BCUT2D eigenvalue weighted by atomic mass is 9.89. The minimum Gasteiger partial charge on any atom is -0.330 e. The summed E-state index contributed by atoms with van der Waals surface area (Å²) in [5, 5.41) is 0. The number of hydrogen-bond donors (Lipinski definition) is 1. The van der Waals surface area contributed by atoms with Gasteiger partial charge in [-0.25, -0.2) is 4.39 Å². The van der Waals surface area contributed by atoms with Crippen LogP contribution in [0, 0.1) is 11.7 Å². The Labute approximate surface area is 157 Å². The summed E-state index contributed by atoms with van der Waals surface area (Å²) in [4.78, 5) is 14.9. The topological polar surface area (TPSA) is 46.3 Å². The van der Waals surface area contributed by atoms with Crippen LogP contribution >= 0.6 is 24.8 Å². The quantitative estimate of drug-likeness (QED) is 0.547. The van der Waals surface area contributed by atoms with Crippen LogP contribution in [0.1, 0.15) is 48.9 Å². The van der Waals surface area contributed by atoms with Gasteiger partial charge in [-0.1, -0.05) is 12.8 Å². The van der Waals surface area contributed by atoms with Crippen molar-refractivity contribution >= 4 is 30.6 Å². The van der Waals surface area contributed by atoms with Crippen LogP contribution in [0.15, 0.2) is 24.3 Å². The molecule has 138 valence electrons. The molecule has 0 spiro atoms. The maximum atomic E-state index is 12.9. The number of carbonyl (C=O) groups excluding carboxylic acids is 1. The molecule has 24 heavy (non-hydrogen) atoms. The molecule has 0 radical (unpaired) electrons. The van der Waals surface area contributed by atoms with E-state index < -0.39 is 0 Å². The zero-order valence-electron chi connectivity index (χ0n) is 14.1. The number of nitrogens with zero attached hydrogens (tertiary/aromatic N) is 1. The van der Waals surface area contributed by atoms with Crippen molar-refractivity contribution in [2.75, 3.05) is 26.2 Å². The number of nitrogens with two attached hydrogens (primary N) is 1. The van der Waals surface area contributed by atoms with Crippen molar-refractivity contribution in [2.45, 2.75) is 38.5 Å². The maximum Gasteiger partial charge on any atom is 0.166 e. The molecule has 0 amide bonds. The van der Waals surface area contributed by atoms with E-state index in [-0.39, 0.29) is 42.3 Å². The Kier molecular flexibility index (Phi) is 12.3. The standard InChI is InChI=1S/C18H27FN2O.2ClH/c19-17-7-5-15(6-8-17)18(22)16-9-13-21(14-10-16)12-4-2-1-3-11-20;;/h5-8,16H,1-4,9-14,20H2;2*1H. The van der Waals surface area contributed by atoms with Crippen LogP contribution in [0.5, 0.6) is 0 Å². The lowest BCUT2D eigenvalue weighted by molar-refractivity contribution is 0.0839. The highest BCUT2D eigenvalue weighted by atomic mass is 35.5. The van der Waals surface area contributed by atoms with Crippen molar-refractivity contribution in [3.05, 3.63) is 35.6 Å². The van der Waals surface area contributed by atoms with Gasteiger partial charge in [0, 0.05) is 11.5 Å². The summed E-state index contributed by atoms with van der Waals surface area (Å²) < 4.78 is 12.9. The third-order valence-electron chi connectivity index (χ3n) is 4.52. The number of Topliss-reactive ketones (excluding diaryl/α,β-unsaturated/α-hetero) is 1. The number of piperidine rings is 1. The van der Waals surface area contributed by atoms with Crippen molar-refractivity contribution in [3.8, 4) is 0 Å². The van der Waals surface area contributed by atoms with Crippen molar-refractivity contribution in [1.82, 2.24) is 4.90 Å². The van der Waals surface area contributed by atoms with E-state index in [4.69, 9.17) is 5.73 Å². The molecular weight excluding hydrogens is 350 g/mol. The summed E-state index contributed by atoms with van der Waals surface area (Å²) in [5.74, 6) is -0.0254. The van der Waals surface area contributed by atoms with Gasteiger partial charge < -0.3 is 10.6 Å². The highest BCUT2D eigenvalue weighted by Crippen LogP contribution is 2.22. The highest BCUT2D eigenvalue weighted by molar-refractivity contribution is 5.97. The molecule has 0 atom stereocenters. The van der Waals surface area contributed by atoms with Gasteiger partial charge in [0.2, 0.25) is 0 Å². The van der Waals surface area contributed by atoms with Gasteiger partial charge >= 0.3 is 0 Å². The molecule has 2 rings (SSSR count). The molecule has 0 aliphatic carbocycles. The first-order valence-electron chi connectivity index (χ1n) is 8.43. The van der Waals surface area contributed by atoms with Crippen molar-refractivity contribution in [1.29, 1.82) is 0 Å². The average molecular weight is 379 g/mol. The second kappa shape index (κ2) is 12.6. The first-order chi connectivity index (χ1) is 10.7. The van der Waals surface area contributed by atoms with E-state index in [0.29, 0.717) is 5.56 Å². The Hall–Kier alpha value is -0.680. The summed E-state index contributed by atoms with van der Waals surface area (Å²) in [6.45, 7) is 3.90. The van der Waals surface area contributed by atoms with Crippen LogP contribution in [0.2, 0.25) is 0 Å². The van der Waals surface area contributed by atoms with Crippen molar-refractivity contribution in [2.24, 2.45) is 11.7 Å². The number of benzene rings is 1. The third kappa shape index (κ3) is 7.47. The van der Waals surface area contributed by atoms with Crippen LogP contribution in [0.4, 0.5) is 4.39 Å². The second-order valence-corrected chi connectivity index (χ2v) is 6.19. The minimum absolute atomic E-state index is 0. The van der Waals surface area contributed by atoms with Crippen LogP contribution in [-0.2, 0) is 0 Å². The summed E-state index contributed by atoms with van der Waals surface area (Å²) >= 11 is 0. The summed E-state index contributed by atoms with van der Waals surface area (Å²) in [6.07, 6.45) is 6.63. The Morgan fingerprint density at radius 1 is 1.04 bits per heavy atom. The molecule has 1 aromatic rings. The summed E-state index contributed by atoms with van der Waals surface area (Å²) in [6, 6.07) is 5.93. The largest absolute Gasteiger partial charge is 0.330 e. The first-order valence-corrected chi connectivity index (χ1v) is 8.43. The summed E-state index contributed by atoms with van der Waals surface area (Å²) in [7, 11) is 0. The molecule has 1 aliphatic rings. The van der Waals surface area contributed by atoms with E-state index in [2.05, 4.69) is 4.90 Å². The second-order valence-electron chi connectivity index (χ2n) is 6.19. The van der Waals surface area contributed by atoms with E-state index in [1.165, 1.54) is 31.4 Å². The Morgan fingerprint density at radius 3 is 2.21 bits per heavy atom. The number of likely N-dealkylation sites (tertiary alicyclic amines) is 1. The van der Waals surface area contributed by atoms with Crippen molar-refractivity contribution in [3.63, 3.8) is 0 Å².